The first-order valence-corrected chi connectivity index (χ1v) is 6.69. The average molecular weight is 248 g/mol. The molecule has 0 bridgehead atoms. The van der Waals surface area contributed by atoms with Gasteiger partial charge in [-0.1, -0.05) is 0 Å². The third-order valence-electron chi connectivity index (χ3n) is 3.78. The number of nitrogens with one attached hydrogen (secondary N) is 1. The first kappa shape index (κ1) is 11.9. The summed E-state index contributed by atoms with van der Waals surface area (Å²) in [4.78, 5) is 10.8. The lowest BCUT2D eigenvalue weighted by Crippen LogP contribution is -2.48. The molecular formula is C13H20N4O. The minimum atomic E-state index is 0.273. The molecule has 5 heteroatoms. The Balaban J connectivity index is 1.51. The zero-order valence-corrected chi connectivity index (χ0v) is 10.8. The van der Waals surface area contributed by atoms with Crippen molar-refractivity contribution in [3.8, 4) is 0 Å². The van der Waals surface area contributed by atoms with Crippen LogP contribution in [0.15, 0.2) is 12.4 Å². The van der Waals surface area contributed by atoms with Crippen LogP contribution in [0.4, 0.5) is 5.82 Å². The van der Waals surface area contributed by atoms with Crippen LogP contribution >= 0.6 is 0 Å². The molecule has 0 radical (unpaired) electrons. The standard InChI is InChI=1S/C13H20N4O/c1-10-5-13(16-9-15-10)14-6-12-7-17-4-2-3-11(17)8-18-12/h5,9,11-12H,2-4,6-8H2,1H3,(H,14,15,16). The van der Waals surface area contributed by atoms with Gasteiger partial charge in [0.15, 0.2) is 0 Å². The first-order valence-electron chi connectivity index (χ1n) is 6.69. The lowest BCUT2D eigenvalue weighted by Gasteiger charge is -2.35. The van der Waals surface area contributed by atoms with Gasteiger partial charge in [0.05, 0.1) is 12.7 Å². The quantitative estimate of drug-likeness (QED) is 0.867. The van der Waals surface area contributed by atoms with Crippen molar-refractivity contribution in [2.24, 2.45) is 0 Å². The zero-order chi connectivity index (χ0) is 12.4. The highest BCUT2D eigenvalue weighted by molar-refractivity contribution is 5.34. The number of aryl methyl sites for hydroxylation is 1. The normalized spacial score (nSPS) is 28.1. The van der Waals surface area contributed by atoms with Gasteiger partial charge in [-0.3, -0.25) is 4.90 Å². The molecule has 3 heterocycles. The summed E-state index contributed by atoms with van der Waals surface area (Å²) in [6.45, 7) is 5.95. The number of fused-ring (bicyclic) bond motifs is 1. The summed E-state index contributed by atoms with van der Waals surface area (Å²) in [5.74, 6) is 0.884. The van der Waals surface area contributed by atoms with Crippen LogP contribution in [0.1, 0.15) is 18.5 Å². The smallest absolute Gasteiger partial charge is 0.129 e. The molecule has 1 aromatic heterocycles. The molecule has 1 aromatic rings. The van der Waals surface area contributed by atoms with Gasteiger partial charge in [-0.25, -0.2) is 9.97 Å². The van der Waals surface area contributed by atoms with Crippen molar-refractivity contribution in [1.29, 1.82) is 0 Å². The summed E-state index contributed by atoms with van der Waals surface area (Å²) in [6.07, 6.45) is 4.48. The van der Waals surface area contributed by atoms with Crippen molar-refractivity contribution in [2.75, 3.05) is 31.6 Å². The summed E-state index contributed by atoms with van der Waals surface area (Å²) in [6, 6.07) is 2.63. The Kier molecular flexibility index (Phi) is 3.43. The number of anilines is 1. The molecule has 0 aliphatic carbocycles. The van der Waals surface area contributed by atoms with E-state index in [4.69, 9.17) is 4.74 Å². The lowest BCUT2D eigenvalue weighted by atomic mass is 10.2. The Morgan fingerprint density at radius 3 is 3.33 bits per heavy atom. The highest BCUT2D eigenvalue weighted by Gasteiger charge is 2.31. The molecule has 18 heavy (non-hydrogen) atoms. The van der Waals surface area contributed by atoms with Crippen molar-refractivity contribution in [1.82, 2.24) is 14.9 Å². The van der Waals surface area contributed by atoms with E-state index in [2.05, 4.69) is 20.2 Å². The van der Waals surface area contributed by atoms with Crippen molar-refractivity contribution in [3.63, 3.8) is 0 Å². The van der Waals surface area contributed by atoms with Gasteiger partial charge in [0, 0.05) is 30.9 Å². The number of hydrogen-bond donors (Lipinski definition) is 1. The summed E-state index contributed by atoms with van der Waals surface area (Å²) in [5, 5.41) is 3.33. The highest BCUT2D eigenvalue weighted by Crippen LogP contribution is 2.22. The van der Waals surface area contributed by atoms with Crippen molar-refractivity contribution in [3.05, 3.63) is 18.1 Å². The van der Waals surface area contributed by atoms with E-state index in [9.17, 15) is 0 Å². The minimum Gasteiger partial charge on any atom is -0.373 e. The van der Waals surface area contributed by atoms with Crippen LogP contribution in [0.25, 0.3) is 0 Å². The summed E-state index contributed by atoms with van der Waals surface area (Å²) < 4.78 is 5.90. The molecular weight excluding hydrogens is 228 g/mol. The van der Waals surface area contributed by atoms with Gasteiger partial charge in [0.2, 0.25) is 0 Å². The van der Waals surface area contributed by atoms with Crippen LogP contribution in [0.3, 0.4) is 0 Å². The lowest BCUT2D eigenvalue weighted by molar-refractivity contribution is -0.0416. The number of aromatic nitrogens is 2. The Morgan fingerprint density at radius 1 is 1.50 bits per heavy atom. The maximum Gasteiger partial charge on any atom is 0.129 e. The number of morpholine rings is 1. The van der Waals surface area contributed by atoms with Gasteiger partial charge in [-0.2, -0.15) is 0 Å². The van der Waals surface area contributed by atoms with E-state index in [0.717, 1.165) is 31.2 Å². The van der Waals surface area contributed by atoms with E-state index >= 15 is 0 Å². The van der Waals surface area contributed by atoms with Crippen LogP contribution in [0, 0.1) is 6.92 Å². The Morgan fingerprint density at radius 2 is 2.44 bits per heavy atom. The second-order valence-corrected chi connectivity index (χ2v) is 5.17. The topological polar surface area (TPSA) is 50.3 Å². The van der Waals surface area contributed by atoms with Gasteiger partial charge in [-0.05, 0) is 26.3 Å². The maximum atomic E-state index is 5.90. The molecule has 2 aliphatic heterocycles. The molecule has 98 valence electrons. The SMILES string of the molecule is Cc1cc(NCC2CN3CCCC3CO2)ncn1. The largest absolute Gasteiger partial charge is 0.373 e. The first-order chi connectivity index (χ1) is 8.81. The molecule has 0 spiro atoms. The van der Waals surface area contributed by atoms with Gasteiger partial charge in [0.1, 0.15) is 12.1 Å². The predicted molar refractivity (Wildman–Crippen MR) is 69.6 cm³/mol. The summed E-state index contributed by atoms with van der Waals surface area (Å²) in [7, 11) is 0. The molecule has 5 nitrogen and oxygen atoms in total. The third kappa shape index (κ3) is 2.62. The van der Waals surface area contributed by atoms with Crippen molar-refractivity contribution < 1.29 is 4.74 Å². The Hall–Kier alpha value is -1.20. The summed E-state index contributed by atoms with van der Waals surface area (Å²) >= 11 is 0. The van der Waals surface area contributed by atoms with E-state index in [0.29, 0.717) is 6.04 Å². The monoisotopic (exact) mass is 248 g/mol. The van der Waals surface area contributed by atoms with E-state index in [-0.39, 0.29) is 6.10 Å². The summed E-state index contributed by atoms with van der Waals surface area (Å²) in [5.41, 5.74) is 0.983. The molecule has 0 aromatic carbocycles. The molecule has 1 N–H and O–H groups in total. The van der Waals surface area contributed by atoms with Gasteiger partial charge in [0.25, 0.3) is 0 Å². The second-order valence-electron chi connectivity index (χ2n) is 5.17. The fourth-order valence-corrected chi connectivity index (χ4v) is 2.78. The second kappa shape index (κ2) is 5.20. The molecule has 2 unspecified atom stereocenters. The number of hydrogen-bond acceptors (Lipinski definition) is 5. The van der Waals surface area contributed by atoms with Crippen molar-refractivity contribution in [2.45, 2.75) is 31.9 Å². The number of ether oxygens (including phenoxy) is 1. The van der Waals surface area contributed by atoms with Crippen LogP contribution < -0.4 is 5.32 Å². The number of nitrogens with zero attached hydrogens (tertiary/aromatic N) is 3. The molecule has 0 amide bonds. The predicted octanol–water partition coefficient (Wildman–Crippen LogP) is 1.06. The molecule has 0 saturated carbocycles. The van der Waals surface area contributed by atoms with Crippen LogP contribution in [0.2, 0.25) is 0 Å². The van der Waals surface area contributed by atoms with E-state index < -0.39 is 0 Å². The van der Waals surface area contributed by atoms with Gasteiger partial charge >= 0.3 is 0 Å². The molecule has 2 fully saturated rings. The van der Waals surface area contributed by atoms with Crippen LogP contribution in [0.5, 0.6) is 0 Å². The molecule has 2 saturated heterocycles. The van der Waals surface area contributed by atoms with Gasteiger partial charge < -0.3 is 10.1 Å². The van der Waals surface area contributed by atoms with Gasteiger partial charge in [-0.15, -0.1) is 0 Å². The Labute approximate surface area is 108 Å². The fourth-order valence-electron chi connectivity index (χ4n) is 2.78. The molecule has 3 rings (SSSR count). The van der Waals surface area contributed by atoms with E-state index in [1.54, 1.807) is 6.33 Å². The molecule has 2 aliphatic rings. The zero-order valence-electron chi connectivity index (χ0n) is 10.8. The fraction of sp³-hybridized carbons (Fsp3) is 0.692. The number of rotatable bonds is 3. The van der Waals surface area contributed by atoms with Crippen LogP contribution in [-0.2, 0) is 4.74 Å². The Bertz CT molecular complexity index is 412. The van der Waals surface area contributed by atoms with E-state index in [1.807, 2.05) is 13.0 Å². The maximum absolute atomic E-state index is 5.90. The van der Waals surface area contributed by atoms with Crippen molar-refractivity contribution >= 4 is 5.82 Å². The van der Waals surface area contributed by atoms with Crippen LogP contribution in [-0.4, -0.2) is 53.3 Å². The average Bonchev–Trinajstić information content (AvgIpc) is 2.84. The minimum absolute atomic E-state index is 0.273. The van der Waals surface area contributed by atoms with E-state index in [1.165, 1.54) is 19.4 Å². The molecule has 2 atom stereocenters. The highest BCUT2D eigenvalue weighted by atomic mass is 16.5. The third-order valence-corrected chi connectivity index (χ3v) is 3.78.